The first-order chi connectivity index (χ1) is 4.83. The molecule has 0 amide bonds. The van der Waals surface area contributed by atoms with Crippen LogP contribution in [-0.2, 0) is 0 Å². The Kier molecular flexibility index (Phi) is 3.08. The first kappa shape index (κ1) is 7.94. The molecule has 0 fully saturated rings. The molecule has 0 saturated heterocycles. The Hall–Kier alpha value is -0.160. The van der Waals surface area contributed by atoms with Gasteiger partial charge in [0.1, 0.15) is 6.21 Å². The van der Waals surface area contributed by atoms with Crippen molar-refractivity contribution >= 4 is 17.8 Å². The van der Waals surface area contributed by atoms with E-state index in [1.807, 2.05) is 0 Å². The number of nitrogens with zero attached hydrogens (tertiary/aromatic N) is 2. The molecule has 0 atom stereocenters. The van der Waals surface area contributed by atoms with Gasteiger partial charge in [-0.15, -0.1) is 0 Å². The zero-order valence-electron chi connectivity index (χ0n) is 4.99. The van der Waals surface area contributed by atoms with Gasteiger partial charge in [0.25, 0.3) is 0 Å². The van der Waals surface area contributed by atoms with E-state index in [-0.39, 0.29) is 0 Å². The molecule has 0 aliphatic rings. The second kappa shape index (κ2) is 3.88. The molecule has 1 aromatic heterocycles. The van der Waals surface area contributed by atoms with Crippen molar-refractivity contribution in [3.63, 3.8) is 0 Å². The van der Waals surface area contributed by atoms with Gasteiger partial charge < -0.3 is 0 Å². The lowest BCUT2D eigenvalue weighted by atomic mass is 10.4. The number of hydrogen-bond acceptors (Lipinski definition) is 2. The van der Waals surface area contributed by atoms with Crippen molar-refractivity contribution < 1.29 is 22.9 Å². The number of halogens is 2. The summed E-state index contributed by atoms with van der Waals surface area (Å²) in [5.41, 5.74) is 0.790. The van der Waals surface area contributed by atoms with Gasteiger partial charge in [0.2, 0.25) is 0 Å². The summed E-state index contributed by atoms with van der Waals surface area (Å²) in [6.07, 6.45) is 3.32. The van der Waals surface area contributed by atoms with Crippen molar-refractivity contribution in [3.05, 3.63) is 29.0 Å². The molecule has 0 spiro atoms. The third-order valence-electron chi connectivity index (χ3n) is 0.928. The summed E-state index contributed by atoms with van der Waals surface area (Å²) in [6.45, 7) is 0. The van der Waals surface area contributed by atoms with Crippen LogP contribution in [0.15, 0.2) is 21.5 Å². The standard InChI is InChI=1S/C6H5ClIN2/c7-5-1-2-9-6(3-5)4-10-8/h1-4,8H/q+1/b10-4+. The van der Waals surface area contributed by atoms with Gasteiger partial charge in [-0.3, -0.25) is 4.98 Å². The molecule has 1 rings (SSSR count). The normalized spacial score (nSPS) is 10.6. The number of pyridine rings is 1. The molecule has 0 bridgehead atoms. The van der Waals surface area contributed by atoms with Gasteiger partial charge in [0.15, 0.2) is 0 Å². The highest BCUT2D eigenvalue weighted by atomic mass is 127. The van der Waals surface area contributed by atoms with Crippen LogP contribution in [-0.4, -0.2) is 11.2 Å². The van der Waals surface area contributed by atoms with Crippen LogP contribution in [0.4, 0.5) is 0 Å². The minimum Gasteiger partial charge on any atom is -0.255 e. The van der Waals surface area contributed by atoms with Crippen LogP contribution in [0.5, 0.6) is 0 Å². The van der Waals surface area contributed by atoms with Gasteiger partial charge in [-0.2, -0.15) is 0 Å². The maximum Gasteiger partial charge on any atom is 0.429 e. The zero-order valence-corrected chi connectivity index (χ0v) is 8.08. The number of hydrogen-bond donors (Lipinski definition) is 0. The SMILES string of the molecule is Clc1ccnc(/C=N/[IH+])c1. The maximum atomic E-state index is 5.68. The Morgan fingerprint density at radius 2 is 2.50 bits per heavy atom. The third-order valence-corrected chi connectivity index (χ3v) is 1.46. The maximum absolute atomic E-state index is 5.68. The van der Waals surface area contributed by atoms with E-state index in [1.54, 1.807) is 47.4 Å². The van der Waals surface area contributed by atoms with Crippen LogP contribution in [0.25, 0.3) is 0 Å². The Morgan fingerprint density at radius 1 is 1.70 bits per heavy atom. The van der Waals surface area contributed by atoms with E-state index in [0.717, 1.165) is 5.69 Å². The topological polar surface area (TPSA) is 25.2 Å². The van der Waals surface area contributed by atoms with Gasteiger partial charge in [0, 0.05) is 11.2 Å². The second-order valence-electron chi connectivity index (χ2n) is 1.63. The molecule has 0 radical (unpaired) electrons. The van der Waals surface area contributed by atoms with Crippen LogP contribution in [0.2, 0.25) is 5.02 Å². The van der Waals surface area contributed by atoms with E-state index < -0.39 is 0 Å². The van der Waals surface area contributed by atoms with E-state index in [2.05, 4.69) is 8.19 Å². The summed E-state index contributed by atoms with van der Waals surface area (Å²) in [7, 11) is 0. The zero-order chi connectivity index (χ0) is 7.40. The highest BCUT2D eigenvalue weighted by Crippen LogP contribution is 2.05. The Morgan fingerprint density at radius 3 is 3.10 bits per heavy atom. The minimum absolute atomic E-state index is 0.686. The van der Waals surface area contributed by atoms with Gasteiger partial charge in [0.05, 0.1) is 5.69 Å². The average molecular weight is 267 g/mol. The summed E-state index contributed by atoms with van der Waals surface area (Å²) in [5.74, 6) is 0. The lowest BCUT2D eigenvalue weighted by molar-refractivity contribution is -0.370. The molecular weight excluding hydrogens is 262 g/mol. The summed E-state index contributed by atoms with van der Waals surface area (Å²) < 4.78 is 3.81. The second-order valence-corrected chi connectivity index (χ2v) is 2.67. The highest BCUT2D eigenvalue weighted by molar-refractivity contribution is 6.30. The molecule has 4 heteroatoms. The van der Waals surface area contributed by atoms with Crippen molar-refractivity contribution in [1.82, 2.24) is 4.98 Å². The van der Waals surface area contributed by atoms with Crippen molar-refractivity contribution in [2.24, 2.45) is 3.21 Å². The van der Waals surface area contributed by atoms with Crippen LogP contribution in [0, 0.1) is 0 Å². The predicted molar refractivity (Wildman–Crippen MR) is 38.2 cm³/mol. The van der Waals surface area contributed by atoms with E-state index in [9.17, 15) is 0 Å². The van der Waals surface area contributed by atoms with Crippen molar-refractivity contribution in [1.29, 1.82) is 0 Å². The van der Waals surface area contributed by atoms with Crippen molar-refractivity contribution in [2.45, 2.75) is 0 Å². The lowest BCUT2D eigenvalue weighted by Crippen LogP contribution is -3.30. The Labute approximate surface area is 77.8 Å². The minimum atomic E-state index is 0.686. The fraction of sp³-hybridized carbons (Fsp3) is 0. The smallest absolute Gasteiger partial charge is 0.255 e. The summed E-state index contributed by atoms with van der Waals surface area (Å²) >= 11 is 7.31. The highest BCUT2D eigenvalue weighted by Gasteiger charge is 1.90. The summed E-state index contributed by atoms with van der Waals surface area (Å²) in [4.78, 5) is 4.00. The third kappa shape index (κ3) is 2.22. The Bertz CT molecular complexity index is 249. The molecule has 0 saturated carbocycles. The lowest BCUT2D eigenvalue weighted by Gasteiger charge is -1.88. The van der Waals surface area contributed by atoms with Crippen LogP contribution < -0.4 is 22.9 Å². The Balaban J connectivity index is 2.95. The molecule has 0 aliphatic carbocycles. The molecule has 1 heterocycles. The molecule has 0 aromatic carbocycles. The van der Waals surface area contributed by atoms with E-state index in [1.165, 1.54) is 0 Å². The van der Waals surface area contributed by atoms with Gasteiger partial charge in [-0.05, 0) is 15.3 Å². The van der Waals surface area contributed by atoms with Gasteiger partial charge in [-0.25, -0.2) is 0 Å². The van der Waals surface area contributed by atoms with Gasteiger partial charge >= 0.3 is 22.9 Å². The molecule has 1 aromatic rings. The molecular formula is C6H5ClIN2+. The van der Waals surface area contributed by atoms with E-state index in [4.69, 9.17) is 11.6 Å². The first-order valence-electron chi connectivity index (χ1n) is 2.60. The average Bonchev–Trinajstić information content (AvgIpc) is 1.88. The van der Waals surface area contributed by atoms with Crippen LogP contribution >= 0.6 is 11.6 Å². The molecule has 10 heavy (non-hydrogen) atoms. The summed E-state index contributed by atoms with van der Waals surface area (Å²) in [5, 5.41) is 0.686. The van der Waals surface area contributed by atoms with Crippen molar-refractivity contribution in [3.8, 4) is 0 Å². The molecule has 0 aliphatic heterocycles. The largest absolute Gasteiger partial charge is 0.429 e. The fourth-order valence-corrected chi connectivity index (χ4v) is 1.02. The summed E-state index contributed by atoms with van der Waals surface area (Å²) in [6, 6.07) is 3.49. The van der Waals surface area contributed by atoms with Crippen LogP contribution in [0.3, 0.4) is 0 Å². The monoisotopic (exact) mass is 267 g/mol. The van der Waals surface area contributed by atoms with Crippen LogP contribution in [0.1, 0.15) is 5.69 Å². The van der Waals surface area contributed by atoms with E-state index >= 15 is 0 Å². The van der Waals surface area contributed by atoms with E-state index in [0.29, 0.717) is 5.02 Å². The fourth-order valence-electron chi connectivity index (χ4n) is 0.546. The molecule has 0 N–H and O–H groups in total. The van der Waals surface area contributed by atoms with Crippen molar-refractivity contribution in [2.75, 3.05) is 0 Å². The molecule has 2 nitrogen and oxygen atoms in total. The molecule has 52 valence electrons. The number of aromatic nitrogens is 1. The quantitative estimate of drug-likeness (QED) is 0.442. The number of rotatable bonds is 1. The molecule has 0 unspecified atom stereocenters. The predicted octanol–water partition coefficient (Wildman–Crippen LogP) is -1.65. The first-order valence-corrected chi connectivity index (χ1v) is 4.02. The van der Waals surface area contributed by atoms with Gasteiger partial charge in [-0.1, -0.05) is 11.6 Å².